The van der Waals surface area contributed by atoms with E-state index in [4.69, 9.17) is 0 Å². The van der Waals surface area contributed by atoms with Crippen LogP contribution in [-0.4, -0.2) is 31.7 Å². The van der Waals surface area contributed by atoms with Gasteiger partial charge in [0.15, 0.2) is 0 Å². The Hall–Kier alpha value is -2.70. The molecule has 1 fully saturated rings. The number of carbonyl (C=O) groups excluding carboxylic acids is 1. The van der Waals surface area contributed by atoms with Crippen LogP contribution >= 0.6 is 0 Å². The topological polar surface area (TPSA) is 66.5 Å². The fourth-order valence-electron chi connectivity index (χ4n) is 3.88. The first kappa shape index (κ1) is 20.6. The second-order valence-corrected chi connectivity index (χ2v) is 9.69. The van der Waals surface area contributed by atoms with Crippen molar-refractivity contribution < 1.29 is 13.2 Å². The van der Waals surface area contributed by atoms with E-state index in [-0.39, 0.29) is 17.2 Å². The summed E-state index contributed by atoms with van der Waals surface area (Å²) >= 11 is 0. The van der Waals surface area contributed by atoms with E-state index < -0.39 is 10.0 Å². The highest BCUT2D eigenvalue weighted by atomic mass is 32.2. The van der Waals surface area contributed by atoms with E-state index in [1.807, 2.05) is 42.5 Å². The number of hydrogen-bond acceptors (Lipinski definition) is 3. The van der Waals surface area contributed by atoms with Gasteiger partial charge in [0.05, 0.1) is 11.3 Å². The molecule has 3 aromatic carbocycles. The van der Waals surface area contributed by atoms with Gasteiger partial charge in [-0.25, -0.2) is 8.42 Å². The largest absolute Gasteiger partial charge is 0.326 e. The van der Waals surface area contributed by atoms with E-state index in [1.54, 1.807) is 28.6 Å². The fraction of sp³-hybridized carbons (Fsp3) is 0.292. The van der Waals surface area contributed by atoms with E-state index in [2.05, 4.69) is 5.32 Å². The maximum absolute atomic E-state index is 12.9. The molecule has 1 saturated heterocycles. The van der Waals surface area contributed by atoms with Gasteiger partial charge in [0, 0.05) is 18.8 Å². The van der Waals surface area contributed by atoms with Crippen molar-refractivity contribution in [3.05, 3.63) is 72.3 Å². The van der Waals surface area contributed by atoms with Gasteiger partial charge in [0.2, 0.25) is 15.9 Å². The summed E-state index contributed by atoms with van der Waals surface area (Å²) in [6.07, 6.45) is 4.23. The van der Waals surface area contributed by atoms with Gasteiger partial charge >= 0.3 is 0 Å². The summed E-state index contributed by atoms with van der Waals surface area (Å²) in [5.74, 6) is -0.131. The van der Waals surface area contributed by atoms with Crippen LogP contribution in [0.25, 0.3) is 10.8 Å². The molecule has 1 N–H and O–H groups in total. The second-order valence-electron chi connectivity index (χ2n) is 7.75. The Morgan fingerprint density at radius 1 is 0.833 bits per heavy atom. The highest BCUT2D eigenvalue weighted by molar-refractivity contribution is 7.89. The number of amides is 1. The van der Waals surface area contributed by atoms with Crippen LogP contribution in [0.2, 0.25) is 0 Å². The molecule has 0 aliphatic carbocycles. The number of anilines is 1. The molecule has 5 nitrogen and oxygen atoms in total. The number of rotatable bonds is 5. The minimum atomic E-state index is -3.48. The Bertz CT molecular complexity index is 1130. The third-order valence-corrected chi connectivity index (χ3v) is 7.43. The molecule has 156 valence electrons. The summed E-state index contributed by atoms with van der Waals surface area (Å²) in [5, 5.41) is 5.10. The Balaban J connectivity index is 1.41. The zero-order chi connectivity index (χ0) is 21.0. The van der Waals surface area contributed by atoms with Crippen LogP contribution < -0.4 is 5.32 Å². The Morgan fingerprint density at radius 3 is 2.20 bits per heavy atom. The highest BCUT2D eigenvalue weighted by Crippen LogP contribution is 2.22. The van der Waals surface area contributed by atoms with Crippen molar-refractivity contribution in [1.82, 2.24) is 4.31 Å². The highest BCUT2D eigenvalue weighted by Gasteiger charge is 2.24. The van der Waals surface area contributed by atoms with Gasteiger partial charge in [-0.3, -0.25) is 4.79 Å². The third kappa shape index (κ3) is 4.71. The molecule has 0 unspecified atom stereocenters. The molecule has 30 heavy (non-hydrogen) atoms. The van der Waals surface area contributed by atoms with Crippen LogP contribution in [0.3, 0.4) is 0 Å². The van der Waals surface area contributed by atoms with Crippen molar-refractivity contribution in [1.29, 1.82) is 0 Å². The molecule has 1 aliphatic heterocycles. The molecule has 0 atom stereocenters. The summed E-state index contributed by atoms with van der Waals surface area (Å²) in [6.45, 7) is 1.15. The molecular weight excluding hydrogens is 396 g/mol. The number of hydrogen-bond donors (Lipinski definition) is 1. The van der Waals surface area contributed by atoms with Gasteiger partial charge < -0.3 is 5.32 Å². The second kappa shape index (κ2) is 8.98. The molecule has 1 heterocycles. The van der Waals surface area contributed by atoms with Crippen LogP contribution in [0.1, 0.15) is 31.2 Å². The number of benzene rings is 3. The molecule has 0 radical (unpaired) electrons. The lowest BCUT2D eigenvalue weighted by atomic mass is 10.0. The maximum Gasteiger partial charge on any atom is 0.243 e. The summed E-state index contributed by atoms with van der Waals surface area (Å²) in [6, 6.07) is 20.5. The van der Waals surface area contributed by atoms with Gasteiger partial charge in [-0.2, -0.15) is 4.31 Å². The SMILES string of the molecule is O=C(Cc1ccc2ccccc2c1)Nc1ccc(S(=O)(=O)N2CCCCCC2)cc1. The van der Waals surface area contributed by atoms with Crippen LogP contribution in [-0.2, 0) is 21.2 Å². The Kier molecular flexibility index (Phi) is 6.16. The number of carbonyl (C=O) groups is 1. The van der Waals surface area contributed by atoms with Crippen molar-refractivity contribution in [2.24, 2.45) is 0 Å². The van der Waals surface area contributed by atoms with Crippen molar-refractivity contribution in [3.8, 4) is 0 Å². The molecular formula is C24H26N2O3S. The van der Waals surface area contributed by atoms with Crippen LogP contribution in [0.4, 0.5) is 5.69 Å². The standard InChI is InChI=1S/C24H26N2O3S/c27-24(18-19-9-10-20-7-3-4-8-21(20)17-19)25-22-11-13-23(14-12-22)30(28,29)26-15-5-1-2-6-16-26/h3-4,7-14,17H,1-2,5-6,15-16,18H2,(H,25,27). The van der Waals surface area contributed by atoms with E-state index >= 15 is 0 Å². The van der Waals surface area contributed by atoms with Gasteiger partial charge in [-0.1, -0.05) is 55.3 Å². The molecule has 0 aromatic heterocycles. The van der Waals surface area contributed by atoms with Crippen molar-refractivity contribution in [3.63, 3.8) is 0 Å². The Morgan fingerprint density at radius 2 is 1.50 bits per heavy atom. The van der Waals surface area contributed by atoms with Crippen LogP contribution in [0.5, 0.6) is 0 Å². The van der Waals surface area contributed by atoms with Gasteiger partial charge in [0.25, 0.3) is 0 Å². The molecule has 6 heteroatoms. The predicted octanol–water partition coefficient (Wildman–Crippen LogP) is 4.59. The minimum absolute atomic E-state index is 0.131. The summed E-state index contributed by atoms with van der Waals surface area (Å²) < 4.78 is 27.3. The fourth-order valence-corrected chi connectivity index (χ4v) is 5.40. The molecule has 0 spiro atoms. The first-order valence-corrected chi connectivity index (χ1v) is 11.8. The summed E-state index contributed by atoms with van der Waals surface area (Å²) in [7, 11) is -3.48. The zero-order valence-electron chi connectivity index (χ0n) is 16.9. The lowest BCUT2D eigenvalue weighted by molar-refractivity contribution is -0.115. The van der Waals surface area contributed by atoms with Crippen molar-refractivity contribution in [2.45, 2.75) is 37.0 Å². The number of nitrogens with one attached hydrogen (secondary N) is 1. The van der Waals surface area contributed by atoms with E-state index in [9.17, 15) is 13.2 Å². The van der Waals surface area contributed by atoms with Gasteiger partial charge in [0.1, 0.15) is 0 Å². The molecule has 0 saturated carbocycles. The van der Waals surface area contributed by atoms with Crippen molar-refractivity contribution in [2.75, 3.05) is 18.4 Å². The number of sulfonamides is 1. The average molecular weight is 423 g/mol. The quantitative estimate of drug-likeness (QED) is 0.654. The first-order valence-electron chi connectivity index (χ1n) is 10.4. The van der Waals surface area contributed by atoms with E-state index in [0.29, 0.717) is 18.8 Å². The lowest BCUT2D eigenvalue weighted by Crippen LogP contribution is -2.31. The van der Waals surface area contributed by atoms with Crippen LogP contribution in [0.15, 0.2) is 71.6 Å². The smallest absolute Gasteiger partial charge is 0.243 e. The Labute approximate surface area is 177 Å². The third-order valence-electron chi connectivity index (χ3n) is 5.52. The maximum atomic E-state index is 12.9. The summed E-state index contributed by atoms with van der Waals surface area (Å²) in [4.78, 5) is 12.7. The molecule has 1 amide bonds. The molecule has 0 bridgehead atoms. The minimum Gasteiger partial charge on any atom is -0.326 e. The summed E-state index contributed by atoms with van der Waals surface area (Å²) in [5.41, 5.74) is 1.53. The first-order chi connectivity index (χ1) is 14.5. The normalized spacial score (nSPS) is 15.6. The van der Waals surface area contributed by atoms with Gasteiger partial charge in [-0.05, 0) is 53.4 Å². The monoisotopic (exact) mass is 422 g/mol. The zero-order valence-corrected chi connectivity index (χ0v) is 17.7. The van der Waals surface area contributed by atoms with Crippen LogP contribution in [0, 0.1) is 0 Å². The van der Waals surface area contributed by atoms with E-state index in [1.165, 1.54) is 0 Å². The molecule has 3 aromatic rings. The van der Waals surface area contributed by atoms with Crippen molar-refractivity contribution >= 4 is 32.4 Å². The molecule has 1 aliphatic rings. The lowest BCUT2D eigenvalue weighted by Gasteiger charge is -2.20. The van der Waals surface area contributed by atoms with E-state index in [0.717, 1.165) is 42.0 Å². The number of nitrogens with zero attached hydrogens (tertiary/aromatic N) is 1. The average Bonchev–Trinajstić information content (AvgIpc) is 3.04. The molecule has 4 rings (SSSR count). The predicted molar refractivity (Wildman–Crippen MR) is 120 cm³/mol. The van der Waals surface area contributed by atoms with Gasteiger partial charge in [-0.15, -0.1) is 0 Å². The number of fused-ring (bicyclic) bond motifs is 1.